The summed E-state index contributed by atoms with van der Waals surface area (Å²) in [5.41, 5.74) is 0. The summed E-state index contributed by atoms with van der Waals surface area (Å²) in [7, 11) is 0. The monoisotopic (exact) mass is 190 g/mol. The van der Waals surface area contributed by atoms with E-state index in [-0.39, 0.29) is 11.3 Å². The summed E-state index contributed by atoms with van der Waals surface area (Å²) in [6, 6.07) is 0. The van der Waals surface area contributed by atoms with Crippen LogP contribution in [0.25, 0.3) is 0 Å². The molecule has 0 aliphatic heterocycles. The highest BCUT2D eigenvalue weighted by Crippen LogP contribution is 2.12. The first-order valence-corrected chi connectivity index (χ1v) is 4.02. The van der Waals surface area contributed by atoms with Crippen LogP contribution in [0.3, 0.4) is 0 Å². The highest BCUT2D eigenvalue weighted by atomic mass is 35.5. The van der Waals surface area contributed by atoms with Gasteiger partial charge < -0.3 is 5.11 Å². The molecule has 0 saturated heterocycles. The predicted molar refractivity (Wildman–Crippen MR) is 41.7 cm³/mol. The molecule has 0 heterocycles. The molecule has 0 saturated carbocycles. The van der Waals surface area contributed by atoms with Crippen LogP contribution in [0, 0.1) is 0 Å². The molecule has 0 fully saturated rings. The SMILES string of the molecule is CC(Cl)C(O)C(Cl)CCl. The second-order valence-electron chi connectivity index (χ2n) is 1.84. The van der Waals surface area contributed by atoms with Gasteiger partial charge in [0.2, 0.25) is 0 Å². The van der Waals surface area contributed by atoms with E-state index in [0.29, 0.717) is 0 Å². The third-order valence-electron chi connectivity index (χ3n) is 0.989. The van der Waals surface area contributed by atoms with Crippen LogP contribution < -0.4 is 0 Å². The zero-order valence-electron chi connectivity index (χ0n) is 5.02. The number of aliphatic hydroxyl groups excluding tert-OH is 1. The van der Waals surface area contributed by atoms with Crippen molar-refractivity contribution < 1.29 is 5.11 Å². The largest absolute Gasteiger partial charge is 0.390 e. The maximum absolute atomic E-state index is 9.05. The molecule has 0 aliphatic carbocycles. The lowest BCUT2D eigenvalue weighted by Gasteiger charge is -2.15. The lowest BCUT2D eigenvalue weighted by Crippen LogP contribution is -2.29. The smallest absolute Gasteiger partial charge is 0.0875 e. The lowest BCUT2D eigenvalue weighted by molar-refractivity contribution is 0.174. The van der Waals surface area contributed by atoms with Gasteiger partial charge in [0.05, 0.1) is 16.9 Å². The van der Waals surface area contributed by atoms with Gasteiger partial charge in [0.1, 0.15) is 0 Å². The van der Waals surface area contributed by atoms with E-state index in [4.69, 9.17) is 39.9 Å². The van der Waals surface area contributed by atoms with Crippen LogP contribution >= 0.6 is 34.8 Å². The van der Waals surface area contributed by atoms with Crippen molar-refractivity contribution in [2.24, 2.45) is 0 Å². The van der Waals surface area contributed by atoms with Crippen molar-refractivity contribution in [1.82, 2.24) is 0 Å². The van der Waals surface area contributed by atoms with E-state index in [1.54, 1.807) is 6.92 Å². The maximum atomic E-state index is 9.05. The van der Waals surface area contributed by atoms with Crippen molar-refractivity contribution >= 4 is 34.8 Å². The second-order valence-corrected chi connectivity index (χ2v) is 3.40. The zero-order chi connectivity index (χ0) is 7.44. The molecule has 0 aliphatic rings. The van der Waals surface area contributed by atoms with Crippen molar-refractivity contribution in [3.8, 4) is 0 Å². The fraction of sp³-hybridized carbons (Fsp3) is 1.00. The third kappa shape index (κ3) is 3.51. The van der Waals surface area contributed by atoms with Crippen LogP contribution in [0.15, 0.2) is 0 Å². The number of hydrogen-bond acceptors (Lipinski definition) is 1. The van der Waals surface area contributed by atoms with E-state index in [0.717, 1.165) is 0 Å². The Morgan fingerprint density at radius 2 is 1.89 bits per heavy atom. The topological polar surface area (TPSA) is 20.2 Å². The standard InChI is InChI=1S/C5H9Cl3O/c1-3(7)5(9)4(8)2-6/h3-5,9H,2H2,1H3. The molecule has 1 nitrogen and oxygen atoms in total. The van der Waals surface area contributed by atoms with Crippen molar-refractivity contribution in [3.05, 3.63) is 0 Å². The van der Waals surface area contributed by atoms with Gasteiger partial charge in [-0.05, 0) is 6.92 Å². The second kappa shape index (κ2) is 4.62. The molecule has 3 unspecified atom stereocenters. The highest BCUT2D eigenvalue weighted by Gasteiger charge is 2.19. The van der Waals surface area contributed by atoms with E-state index in [1.165, 1.54) is 0 Å². The van der Waals surface area contributed by atoms with Crippen molar-refractivity contribution in [1.29, 1.82) is 0 Å². The lowest BCUT2D eigenvalue weighted by atomic mass is 10.2. The molecule has 4 heteroatoms. The molecule has 0 aromatic rings. The summed E-state index contributed by atoms with van der Waals surface area (Å²) in [6.45, 7) is 1.67. The summed E-state index contributed by atoms with van der Waals surface area (Å²) in [5, 5.41) is 8.26. The molecule has 0 amide bonds. The first-order valence-electron chi connectivity index (χ1n) is 2.61. The molecular formula is C5H9Cl3O. The number of halogens is 3. The number of alkyl halides is 3. The van der Waals surface area contributed by atoms with Crippen LogP contribution in [0.2, 0.25) is 0 Å². The Kier molecular flexibility index (Phi) is 5.04. The predicted octanol–water partition coefficient (Wildman–Crippen LogP) is 1.82. The van der Waals surface area contributed by atoms with Gasteiger partial charge in [-0.15, -0.1) is 34.8 Å². The normalized spacial score (nSPS) is 21.0. The van der Waals surface area contributed by atoms with Crippen LogP contribution in [-0.2, 0) is 0 Å². The quantitative estimate of drug-likeness (QED) is 0.675. The van der Waals surface area contributed by atoms with Gasteiger partial charge in [-0.1, -0.05) is 0 Å². The van der Waals surface area contributed by atoms with Gasteiger partial charge in [-0.3, -0.25) is 0 Å². The molecule has 1 N–H and O–H groups in total. The summed E-state index contributed by atoms with van der Waals surface area (Å²) < 4.78 is 0. The Labute approximate surface area is 69.9 Å². The maximum Gasteiger partial charge on any atom is 0.0875 e. The minimum Gasteiger partial charge on any atom is -0.390 e. The summed E-state index contributed by atoms with van der Waals surface area (Å²) in [5.74, 6) is 0.222. The van der Waals surface area contributed by atoms with Crippen molar-refractivity contribution in [2.75, 3.05) is 5.88 Å². The molecular weight excluding hydrogens is 182 g/mol. The zero-order valence-corrected chi connectivity index (χ0v) is 7.29. The first-order chi connectivity index (χ1) is 4.09. The molecule has 0 spiro atoms. The van der Waals surface area contributed by atoms with Gasteiger partial charge in [0.15, 0.2) is 0 Å². The Morgan fingerprint density at radius 3 is 2.00 bits per heavy atom. The van der Waals surface area contributed by atoms with E-state index in [1.807, 2.05) is 0 Å². The van der Waals surface area contributed by atoms with E-state index in [9.17, 15) is 0 Å². The van der Waals surface area contributed by atoms with Gasteiger partial charge >= 0.3 is 0 Å². The molecule has 9 heavy (non-hydrogen) atoms. The van der Waals surface area contributed by atoms with Crippen LogP contribution in [0.4, 0.5) is 0 Å². The van der Waals surface area contributed by atoms with E-state index >= 15 is 0 Å². The fourth-order valence-corrected chi connectivity index (χ4v) is 1.03. The molecule has 0 aromatic carbocycles. The number of rotatable bonds is 3. The Hall–Kier alpha value is 0.830. The summed E-state index contributed by atoms with van der Waals surface area (Å²) in [6.07, 6.45) is -0.717. The van der Waals surface area contributed by atoms with E-state index < -0.39 is 11.5 Å². The number of aliphatic hydroxyl groups is 1. The van der Waals surface area contributed by atoms with Gasteiger partial charge in [-0.2, -0.15) is 0 Å². The van der Waals surface area contributed by atoms with Gasteiger partial charge in [0.25, 0.3) is 0 Å². The molecule has 0 bridgehead atoms. The first kappa shape index (κ1) is 9.83. The van der Waals surface area contributed by atoms with Crippen molar-refractivity contribution in [3.63, 3.8) is 0 Å². The molecule has 0 radical (unpaired) electrons. The summed E-state index contributed by atoms with van der Waals surface area (Å²) in [4.78, 5) is 0. The Bertz CT molecular complexity index is 76.6. The molecule has 56 valence electrons. The Balaban J connectivity index is 3.58. The van der Waals surface area contributed by atoms with Crippen molar-refractivity contribution in [2.45, 2.75) is 23.8 Å². The van der Waals surface area contributed by atoms with Crippen LogP contribution in [-0.4, -0.2) is 27.8 Å². The Morgan fingerprint density at radius 1 is 1.44 bits per heavy atom. The van der Waals surface area contributed by atoms with Crippen LogP contribution in [0.1, 0.15) is 6.92 Å². The molecule has 0 aromatic heterocycles. The summed E-state index contributed by atoms with van der Waals surface area (Å²) >= 11 is 16.4. The molecule has 3 atom stereocenters. The van der Waals surface area contributed by atoms with Crippen LogP contribution in [0.5, 0.6) is 0 Å². The highest BCUT2D eigenvalue weighted by molar-refractivity contribution is 6.29. The average Bonchev–Trinajstić information content (AvgIpc) is 1.84. The van der Waals surface area contributed by atoms with E-state index in [2.05, 4.69) is 0 Å². The third-order valence-corrected chi connectivity index (χ3v) is 2.15. The molecule has 0 rings (SSSR count). The number of hydrogen-bond donors (Lipinski definition) is 1. The van der Waals surface area contributed by atoms with Gasteiger partial charge in [-0.25, -0.2) is 0 Å². The average molecular weight is 191 g/mol. The van der Waals surface area contributed by atoms with Gasteiger partial charge in [0, 0.05) is 5.88 Å². The fourth-order valence-electron chi connectivity index (χ4n) is 0.379. The minimum atomic E-state index is -0.717. The minimum absolute atomic E-state index is 0.222.